The number of carboxylic acid groups (broad SMARTS) is 1. The Hall–Kier alpha value is -4.77. The Morgan fingerprint density at radius 3 is 2.09 bits per heavy atom. The van der Waals surface area contributed by atoms with Gasteiger partial charge in [0.25, 0.3) is 0 Å². The normalized spacial score (nSPS) is 19.3. The van der Waals surface area contributed by atoms with E-state index in [-0.39, 0.29) is 33.5 Å². The largest absolute Gasteiger partial charge is 0.478 e. The van der Waals surface area contributed by atoms with Gasteiger partial charge in [-0.2, -0.15) is 0 Å². The Balaban J connectivity index is 1.13. The predicted octanol–water partition coefficient (Wildman–Crippen LogP) is 13.4. The quantitative estimate of drug-likeness (QED) is 0.0661. The van der Waals surface area contributed by atoms with Crippen LogP contribution in [-0.2, 0) is 5.41 Å². The number of benzene rings is 4. The molecule has 0 radical (unpaired) electrons. The van der Waals surface area contributed by atoms with Crippen LogP contribution >= 0.6 is 0 Å². The smallest absolute Gasteiger partial charge is 0.335 e. The number of fused-ring (bicyclic) bond motifs is 7. The lowest BCUT2D eigenvalue weighted by atomic mass is 9.70. The molecule has 8 rings (SSSR count). The Kier molecular flexibility index (Phi) is 11.1. The van der Waals surface area contributed by atoms with E-state index in [1.165, 1.54) is 154 Å². The number of unbranched alkanes of at least 4 members (excludes halogenated alkanes) is 10. The number of nitrogens with zero attached hydrogens (tertiary/aromatic N) is 1. The maximum Gasteiger partial charge on any atom is 0.335 e. The standard InChI is InChI=1S/C51H57NO4/c1-3-5-7-9-11-15-28-51(29-16-12-10-8-6-4-2)44-20-14-13-18-37(44)38-26-24-36(33-45(38)51)52-46-21-17-19-39(46)41-30-34(22-27-47(41)52)31-43-48(53)40-25-23-35(50(55)56)32-42(40)49(43)54/h13-14,18,20,22-27,30-33,39,46H,3-12,15-17,19,21,28-29H2,1-2H3,(H,55,56). The third-order valence-corrected chi connectivity index (χ3v) is 13.5. The number of aromatic carboxylic acids is 1. The molecular weight excluding hydrogens is 691 g/mol. The molecule has 2 unspecified atom stereocenters. The molecule has 5 heteroatoms. The molecule has 1 fully saturated rings. The molecule has 4 aromatic carbocycles. The van der Waals surface area contributed by atoms with Crippen LogP contribution in [0, 0.1) is 0 Å². The van der Waals surface area contributed by atoms with Gasteiger partial charge >= 0.3 is 5.97 Å². The summed E-state index contributed by atoms with van der Waals surface area (Å²) in [5, 5.41) is 9.47. The Bertz CT molecular complexity index is 2160. The van der Waals surface area contributed by atoms with E-state index in [0.717, 1.165) is 18.4 Å². The number of allylic oxidation sites excluding steroid dienone is 1. The summed E-state index contributed by atoms with van der Waals surface area (Å²) < 4.78 is 0. The lowest BCUT2D eigenvalue weighted by Crippen LogP contribution is -2.28. The first-order valence-corrected chi connectivity index (χ1v) is 21.7. The molecule has 1 heterocycles. The number of hydrogen-bond acceptors (Lipinski definition) is 4. The number of ketones is 2. The lowest BCUT2D eigenvalue weighted by molar-refractivity contribution is 0.0696. The number of carboxylic acids is 1. The van der Waals surface area contributed by atoms with Gasteiger partial charge in [0.1, 0.15) is 0 Å². The summed E-state index contributed by atoms with van der Waals surface area (Å²) in [4.78, 5) is 41.0. The highest BCUT2D eigenvalue weighted by Gasteiger charge is 2.45. The average molecular weight is 748 g/mol. The van der Waals surface area contributed by atoms with E-state index in [0.29, 0.717) is 12.0 Å². The molecule has 4 aliphatic rings. The second-order valence-electron chi connectivity index (χ2n) is 17.0. The highest BCUT2D eigenvalue weighted by Crippen LogP contribution is 2.57. The minimum Gasteiger partial charge on any atom is -0.478 e. The maximum absolute atomic E-state index is 13.4. The molecule has 290 valence electrons. The van der Waals surface area contributed by atoms with E-state index in [4.69, 9.17) is 0 Å². The van der Waals surface area contributed by atoms with Crippen LogP contribution in [0.2, 0.25) is 0 Å². The second-order valence-corrected chi connectivity index (χ2v) is 17.0. The van der Waals surface area contributed by atoms with Gasteiger partial charge in [-0.3, -0.25) is 9.59 Å². The van der Waals surface area contributed by atoms with Gasteiger partial charge in [0.15, 0.2) is 11.6 Å². The van der Waals surface area contributed by atoms with Crippen LogP contribution in [0.1, 0.15) is 182 Å². The van der Waals surface area contributed by atoms with Crippen LogP contribution in [0.4, 0.5) is 11.4 Å². The van der Waals surface area contributed by atoms with Crippen molar-refractivity contribution in [1.29, 1.82) is 0 Å². The van der Waals surface area contributed by atoms with Crippen LogP contribution in [-0.4, -0.2) is 28.7 Å². The number of Topliss-reactive ketones (excluding diaryl/α,β-unsaturated/α-hetero) is 2. The predicted molar refractivity (Wildman–Crippen MR) is 228 cm³/mol. The first kappa shape index (κ1) is 38.1. The summed E-state index contributed by atoms with van der Waals surface area (Å²) in [6.45, 7) is 4.59. The monoisotopic (exact) mass is 747 g/mol. The highest BCUT2D eigenvalue weighted by molar-refractivity contribution is 6.41. The summed E-state index contributed by atoms with van der Waals surface area (Å²) in [7, 11) is 0. The van der Waals surface area contributed by atoms with Crippen molar-refractivity contribution >= 4 is 35.0 Å². The molecule has 1 N–H and O–H groups in total. The molecule has 5 nitrogen and oxygen atoms in total. The fourth-order valence-electron chi connectivity index (χ4n) is 10.7. The number of hydrogen-bond donors (Lipinski definition) is 1. The minimum atomic E-state index is -1.12. The summed E-state index contributed by atoms with van der Waals surface area (Å²) >= 11 is 0. The summed E-state index contributed by atoms with van der Waals surface area (Å²) in [5.41, 5.74) is 11.1. The third kappa shape index (κ3) is 6.86. The zero-order valence-electron chi connectivity index (χ0n) is 33.4. The summed E-state index contributed by atoms with van der Waals surface area (Å²) in [6, 6.07) is 27.6. The average Bonchev–Trinajstić information content (AvgIpc) is 3.94. The van der Waals surface area contributed by atoms with Crippen molar-refractivity contribution in [2.45, 2.75) is 140 Å². The third-order valence-electron chi connectivity index (χ3n) is 13.5. The van der Waals surface area contributed by atoms with Crippen LogP contribution in [0.5, 0.6) is 0 Å². The fourth-order valence-corrected chi connectivity index (χ4v) is 10.7. The van der Waals surface area contributed by atoms with Gasteiger partial charge in [-0.05, 0) is 108 Å². The van der Waals surface area contributed by atoms with Gasteiger partial charge in [0, 0.05) is 39.9 Å². The first-order chi connectivity index (χ1) is 27.4. The molecule has 3 aliphatic carbocycles. The van der Waals surface area contributed by atoms with E-state index in [1.54, 1.807) is 6.08 Å². The van der Waals surface area contributed by atoms with Gasteiger partial charge in [-0.1, -0.05) is 134 Å². The van der Waals surface area contributed by atoms with Gasteiger partial charge < -0.3 is 10.0 Å². The fraction of sp³-hybridized carbons (Fsp3) is 0.431. The molecule has 4 aromatic rings. The van der Waals surface area contributed by atoms with Crippen molar-refractivity contribution in [1.82, 2.24) is 0 Å². The Morgan fingerprint density at radius 2 is 1.36 bits per heavy atom. The number of carbonyl (C=O) groups is 3. The molecule has 0 amide bonds. The van der Waals surface area contributed by atoms with Gasteiger partial charge in [-0.15, -0.1) is 0 Å². The molecular formula is C51H57NO4. The summed E-state index contributed by atoms with van der Waals surface area (Å²) in [6.07, 6.45) is 23.1. The van der Waals surface area contributed by atoms with E-state index < -0.39 is 11.8 Å². The van der Waals surface area contributed by atoms with Crippen LogP contribution in [0.15, 0.2) is 84.4 Å². The minimum absolute atomic E-state index is 0.00791. The van der Waals surface area contributed by atoms with Crippen molar-refractivity contribution in [3.63, 3.8) is 0 Å². The lowest BCUT2D eigenvalue weighted by Gasteiger charge is -2.34. The van der Waals surface area contributed by atoms with Crippen LogP contribution < -0.4 is 4.90 Å². The first-order valence-electron chi connectivity index (χ1n) is 21.7. The van der Waals surface area contributed by atoms with Crippen LogP contribution in [0.25, 0.3) is 17.2 Å². The molecule has 1 saturated carbocycles. The van der Waals surface area contributed by atoms with E-state index in [9.17, 15) is 19.5 Å². The zero-order valence-corrected chi connectivity index (χ0v) is 33.4. The highest BCUT2D eigenvalue weighted by atomic mass is 16.4. The molecule has 1 aliphatic heterocycles. The maximum atomic E-state index is 13.4. The second kappa shape index (κ2) is 16.4. The van der Waals surface area contributed by atoms with Gasteiger partial charge in [-0.25, -0.2) is 4.79 Å². The molecule has 0 saturated heterocycles. The van der Waals surface area contributed by atoms with Crippen LogP contribution in [0.3, 0.4) is 0 Å². The van der Waals surface area contributed by atoms with E-state index >= 15 is 0 Å². The molecule has 0 spiro atoms. The van der Waals surface area contributed by atoms with Gasteiger partial charge in [0.2, 0.25) is 0 Å². The number of anilines is 2. The molecule has 0 bridgehead atoms. The Labute approximate surface area is 333 Å². The molecule has 56 heavy (non-hydrogen) atoms. The van der Waals surface area contributed by atoms with Crippen molar-refractivity contribution in [3.05, 3.63) is 123 Å². The molecule has 2 atom stereocenters. The van der Waals surface area contributed by atoms with E-state index in [1.807, 2.05) is 6.07 Å². The van der Waals surface area contributed by atoms with E-state index in [2.05, 4.69) is 73.3 Å². The number of rotatable bonds is 17. The topological polar surface area (TPSA) is 74.7 Å². The Morgan fingerprint density at radius 1 is 0.696 bits per heavy atom. The number of carbonyl (C=O) groups excluding carboxylic acids is 2. The zero-order chi connectivity index (χ0) is 38.8. The summed E-state index contributed by atoms with van der Waals surface area (Å²) in [5.74, 6) is -1.48. The van der Waals surface area contributed by atoms with Gasteiger partial charge in [0.05, 0.1) is 11.1 Å². The van der Waals surface area contributed by atoms with Crippen molar-refractivity contribution in [3.8, 4) is 11.1 Å². The molecule has 0 aromatic heterocycles. The SMILES string of the molecule is CCCCCCCCC1(CCCCCCCC)c2ccccc2-c2ccc(N3c4ccc(C=C5C(=O)c6ccc(C(=O)O)cc6C5=O)cc4C4CCCC43)cc21. The van der Waals surface area contributed by atoms with Crippen molar-refractivity contribution in [2.75, 3.05) is 4.90 Å². The van der Waals surface area contributed by atoms with Crippen molar-refractivity contribution < 1.29 is 19.5 Å². The van der Waals surface area contributed by atoms with Crippen molar-refractivity contribution in [2.24, 2.45) is 0 Å².